The van der Waals surface area contributed by atoms with Gasteiger partial charge in [-0.15, -0.1) is 0 Å². The zero-order valence-corrected chi connectivity index (χ0v) is 14.8. The average Bonchev–Trinajstić information content (AvgIpc) is 2.60. The molecule has 1 aliphatic rings. The predicted octanol–water partition coefficient (Wildman–Crippen LogP) is 3.46. The normalized spacial score (nSPS) is 14.2. The van der Waals surface area contributed by atoms with E-state index >= 15 is 0 Å². The maximum atomic E-state index is 12.1. The van der Waals surface area contributed by atoms with Crippen LogP contribution in [0.25, 0.3) is 0 Å². The first-order chi connectivity index (χ1) is 12.1. The number of morpholine rings is 1. The fourth-order valence-electron chi connectivity index (χ4n) is 3.05. The number of hydrogen-bond acceptors (Lipinski definition) is 3. The third kappa shape index (κ3) is 4.97. The van der Waals surface area contributed by atoms with E-state index in [2.05, 4.69) is 45.9 Å². The summed E-state index contributed by atoms with van der Waals surface area (Å²) < 4.78 is 5.38. The minimum absolute atomic E-state index is 0.192. The Morgan fingerprint density at radius 2 is 1.68 bits per heavy atom. The number of hydrogen-bond donors (Lipinski definition) is 2. The monoisotopic (exact) mass is 339 g/mol. The number of aryl methyl sites for hydroxylation is 2. The molecule has 0 saturated carbocycles. The Bertz CT molecular complexity index is 702. The molecule has 2 N–H and O–H groups in total. The number of urea groups is 1. The van der Waals surface area contributed by atoms with E-state index in [4.69, 9.17) is 4.74 Å². The zero-order valence-electron chi connectivity index (χ0n) is 14.8. The number of rotatable bonds is 4. The minimum atomic E-state index is -0.192. The van der Waals surface area contributed by atoms with Crippen molar-refractivity contribution in [3.63, 3.8) is 0 Å². The molecule has 2 aromatic carbocycles. The van der Waals surface area contributed by atoms with Crippen LogP contribution in [-0.2, 0) is 11.3 Å². The molecule has 0 radical (unpaired) electrons. The van der Waals surface area contributed by atoms with Crippen molar-refractivity contribution in [1.82, 2.24) is 5.32 Å². The lowest BCUT2D eigenvalue weighted by Crippen LogP contribution is -2.36. The van der Waals surface area contributed by atoms with Crippen LogP contribution < -0.4 is 15.5 Å². The van der Waals surface area contributed by atoms with Gasteiger partial charge in [0.15, 0.2) is 0 Å². The highest BCUT2D eigenvalue weighted by atomic mass is 16.5. The number of ether oxygens (including phenoxy) is 1. The summed E-state index contributed by atoms with van der Waals surface area (Å²) in [4.78, 5) is 14.4. The van der Waals surface area contributed by atoms with Crippen LogP contribution in [0.4, 0.5) is 16.2 Å². The van der Waals surface area contributed by atoms with Gasteiger partial charge in [-0.25, -0.2) is 4.79 Å². The number of benzene rings is 2. The lowest BCUT2D eigenvalue weighted by molar-refractivity contribution is 0.122. The topological polar surface area (TPSA) is 53.6 Å². The number of anilines is 2. The molecule has 1 heterocycles. The summed E-state index contributed by atoms with van der Waals surface area (Å²) in [5.74, 6) is 0. The molecule has 132 valence electrons. The summed E-state index contributed by atoms with van der Waals surface area (Å²) in [5, 5.41) is 5.79. The van der Waals surface area contributed by atoms with Crippen LogP contribution in [0, 0.1) is 13.8 Å². The molecule has 5 heteroatoms. The van der Waals surface area contributed by atoms with E-state index < -0.39 is 0 Å². The lowest BCUT2D eigenvalue weighted by Gasteiger charge is -2.28. The summed E-state index contributed by atoms with van der Waals surface area (Å²) in [6.45, 7) is 7.95. The quantitative estimate of drug-likeness (QED) is 0.897. The average molecular weight is 339 g/mol. The molecular weight excluding hydrogens is 314 g/mol. The Morgan fingerprint density at radius 3 is 2.32 bits per heavy atom. The van der Waals surface area contributed by atoms with E-state index in [0.717, 1.165) is 48.7 Å². The third-order valence-corrected chi connectivity index (χ3v) is 4.25. The molecule has 25 heavy (non-hydrogen) atoms. The van der Waals surface area contributed by atoms with Crippen molar-refractivity contribution in [3.8, 4) is 0 Å². The van der Waals surface area contributed by atoms with Crippen LogP contribution in [0.5, 0.6) is 0 Å². The standard InChI is InChI=1S/C20H25N3O2/c1-15-11-16(2)13-18(12-15)22-20(24)21-14-17-3-5-19(6-4-17)23-7-9-25-10-8-23/h3-6,11-13H,7-10,14H2,1-2H3,(H2,21,22,24). The van der Waals surface area contributed by atoms with Crippen molar-refractivity contribution in [2.45, 2.75) is 20.4 Å². The maximum Gasteiger partial charge on any atom is 0.319 e. The van der Waals surface area contributed by atoms with Gasteiger partial charge in [-0.1, -0.05) is 18.2 Å². The number of carbonyl (C=O) groups excluding carboxylic acids is 1. The van der Waals surface area contributed by atoms with Crippen LogP contribution >= 0.6 is 0 Å². The second-order valence-electron chi connectivity index (χ2n) is 6.45. The van der Waals surface area contributed by atoms with E-state index in [9.17, 15) is 4.79 Å². The van der Waals surface area contributed by atoms with Gasteiger partial charge in [-0.3, -0.25) is 0 Å². The molecule has 0 spiro atoms. The number of carbonyl (C=O) groups is 1. The van der Waals surface area contributed by atoms with E-state index in [1.54, 1.807) is 0 Å². The summed E-state index contributed by atoms with van der Waals surface area (Å²) >= 11 is 0. The summed E-state index contributed by atoms with van der Waals surface area (Å²) in [6.07, 6.45) is 0. The molecule has 0 aromatic heterocycles. The summed E-state index contributed by atoms with van der Waals surface area (Å²) in [6, 6.07) is 14.1. The van der Waals surface area contributed by atoms with Gasteiger partial charge >= 0.3 is 6.03 Å². The molecule has 1 fully saturated rings. The molecule has 2 amide bonds. The van der Waals surface area contributed by atoms with E-state index in [1.165, 1.54) is 5.69 Å². The van der Waals surface area contributed by atoms with Gasteiger partial charge in [-0.05, 0) is 54.8 Å². The largest absolute Gasteiger partial charge is 0.378 e. The van der Waals surface area contributed by atoms with Crippen LogP contribution in [0.3, 0.4) is 0 Å². The fraction of sp³-hybridized carbons (Fsp3) is 0.350. The van der Waals surface area contributed by atoms with Crippen LogP contribution in [0.15, 0.2) is 42.5 Å². The number of nitrogens with one attached hydrogen (secondary N) is 2. The van der Waals surface area contributed by atoms with Crippen molar-refractivity contribution in [2.75, 3.05) is 36.5 Å². The first-order valence-electron chi connectivity index (χ1n) is 8.65. The summed E-state index contributed by atoms with van der Waals surface area (Å²) in [7, 11) is 0. The predicted molar refractivity (Wildman–Crippen MR) is 101 cm³/mol. The smallest absolute Gasteiger partial charge is 0.319 e. The van der Waals surface area contributed by atoms with E-state index in [0.29, 0.717) is 6.54 Å². The molecular formula is C20H25N3O2. The van der Waals surface area contributed by atoms with Gasteiger partial charge in [0.2, 0.25) is 0 Å². The van der Waals surface area contributed by atoms with Crippen molar-refractivity contribution >= 4 is 17.4 Å². The highest BCUT2D eigenvalue weighted by Gasteiger charge is 2.10. The van der Waals surface area contributed by atoms with Crippen molar-refractivity contribution in [2.24, 2.45) is 0 Å². The fourth-order valence-corrected chi connectivity index (χ4v) is 3.05. The Labute approximate surface area is 149 Å². The van der Waals surface area contributed by atoms with Crippen molar-refractivity contribution in [3.05, 3.63) is 59.2 Å². The van der Waals surface area contributed by atoms with Gasteiger partial charge in [0.1, 0.15) is 0 Å². The van der Waals surface area contributed by atoms with Crippen LogP contribution in [0.1, 0.15) is 16.7 Å². The Morgan fingerprint density at radius 1 is 1.04 bits per heavy atom. The molecule has 3 rings (SSSR count). The van der Waals surface area contributed by atoms with Gasteiger partial charge in [0.25, 0.3) is 0 Å². The van der Waals surface area contributed by atoms with Crippen molar-refractivity contribution in [1.29, 1.82) is 0 Å². The Hall–Kier alpha value is -2.53. The van der Waals surface area contributed by atoms with Gasteiger partial charge < -0.3 is 20.3 Å². The lowest BCUT2D eigenvalue weighted by atomic mass is 10.1. The van der Waals surface area contributed by atoms with Crippen LogP contribution in [-0.4, -0.2) is 32.3 Å². The van der Waals surface area contributed by atoms with E-state index in [1.807, 2.05) is 26.0 Å². The molecule has 1 saturated heterocycles. The van der Waals surface area contributed by atoms with E-state index in [-0.39, 0.29) is 6.03 Å². The SMILES string of the molecule is Cc1cc(C)cc(NC(=O)NCc2ccc(N3CCOCC3)cc2)c1. The second-order valence-corrected chi connectivity index (χ2v) is 6.45. The molecule has 0 atom stereocenters. The van der Waals surface area contributed by atoms with Gasteiger partial charge in [-0.2, -0.15) is 0 Å². The maximum absolute atomic E-state index is 12.1. The van der Waals surface area contributed by atoms with Crippen LogP contribution in [0.2, 0.25) is 0 Å². The summed E-state index contributed by atoms with van der Waals surface area (Å²) in [5.41, 5.74) is 5.36. The van der Waals surface area contributed by atoms with Gasteiger partial charge in [0, 0.05) is 31.0 Å². The first-order valence-corrected chi connectivity index (χ1v) is 8.65. The number of amides is 2. The Balaban J connectivity index is 1.51. The molecule has 0 aliphatic carbocycles. The first kappa shape index (κ1) is 17.3. The molecule has 1 aliphatic heterocycles. The molecule has 5 nitrogen and oxygen atoms in total. The molecule has 0 unspecified atom stereocenters. The number of nitrogens with zero attached hydrogens (tertiary/aromatic N) is 1. The van der Waals surface area contributed by atoms with Gasteiger partial charge in [0.05, 0.1) is 13.2 Å². The van der Waals surface area contributed by atoms with Crippen molar-refractivity contribution < 1.29 is 9.53 Å². The highest BCUT2D eigenvalue weighted by Crippen LogP contribution is 2.17. The third-order valence-electron chi connectivity index (χ3n) is 4.25. The minimum Gasteiger partial charge on any atom is -0.378 e. The molecule has 0 bridgehead atoms. The highest BCUT2D eigenvalue weighted by molar-refractivity contribution is 5.89. The second kappa shape index (κ2) is 8.03. The Kier molecular flexibility index (Phi) is 5.56. The zero-order chi connectivity index (χ0) is 17.6. The molecule has 2 aromatic rings.